The Kier molecular flexibility index (Phi) is 5.75. The lowest BCUT2D eigenvalue weighted by molar-refractivity contribution is 0.229. The molecule has 21 heavy (non-hydrogen) atoms. The van der Waals surface area contributed by atoms with Gasteiger partial charge >= 0.3 is 0 Å². The van der Waals surface area contributed by atoms with Crippen LogP contribution in [0.5, 0.6) is 0 Å². The zero-order chi connectivity index (χ0) is 14.5. The Hall–Kier alpha value is -0.350. The highest BCUT2D eigenvalue weighted by Crippen LogP contribution is 2.28. The third-order valence-corrected chi connectivity index (χ3v) is 5.71. The van der Waals surface area contributed by atoms with Crippen LogP contribution in [0.3, 0.4) is 0 Å². The van der Waals surface area contributed by atoms with Crippen molar-refractivity contribution in [3.8, 4) is 0 Å². The maximum Gasteiger partial charge on any atom is 0.0765 e. The largest absolute Gasteiger partial charge is 0.294 e. The van der Waals surface area contributed by atoms with Crippen LogP contribution < -0.4 is 0 Å². The van der Waals surface area contributed by atoms with Gasteiger partial charge in [0.2, 0.25) is 0 Å². The predicted molar refractivity (Wildman–Crippen MR) is 90.8 cm³/mol. The molecule has 1 saturated carbocycles. The Morgan fingerprint density at radius 2 is 2.00 bits per heavy atom. The summed E-state index contributed by atoms with van der Waals surface area (Å²) in [5.74, 6) is 0. The van der Waals surface area contributed by atoms with Gasteiger partial charge in [0.05, 0.1) is 11.7 Å². The third kappa shape index (κ3) is 4.10. The second-order valence-electron chi connectivity index (χ2n) is 6.68. The SMILES string of the molecule is BrCCCC1CCCN1Cc1ccn(C2CCCCC2)n1. The second kappa shape index (κ2) is 7.77. The molecule has 1 atom stereocenters. The first-order valence-electron chi connectivity index (χ1n) is 8.71. The number of hydrogen-bond donors (Lipinski definition) is 0. The smallest absolute Gasteiger partial charge is 0.0765 e. The van der Waals surface area contributed by atoms with Crippen LogP contribution in [0.4, 0.5) is 0 Å². The quantitative estimate of drug-likeness (QED) is 0.700. The van der Waals surface area contributed by atoms with Crippen LogP contribution >= 0.6 is 15.9 Å². The van der Waals surface area contributed by atoms with Crippen LogP contribution in [-0.2, 0) is 6.54 Å². The highest BCUT2D eigenvalue weighted by Gasteiger charge is 2.25. The minimum absolute atomic E-state index is 0.662. The molecule has 3 nitrogen and oxygen atoms in total. The topological polar surface area (TPSA) is 21.1 Å². The molecule has 1 aliphatic carbocycles. The van der Waals surface area contributed by atoms with Crippen LogP contribution in [0.2, 0.25) is 0 Å². The molecule has 1 aliphatic heterocycles. The molecule has 3 rings (SSSR count). The molecule has 1 aromatic rings. The summed E-state index contributed by atoms with van der Waals surface area (Å²) in [6.45, 7) is 2.30. The van der Waals surface area contributed by atoms with Crippen LogP contribution in [0.25, 0.3) is 0 Å². The Balaban J connectivity index is 1.56. The predicted octanol–water partition coefficient (Wildman–Crippen LogP) is 4.53. The van der Waals surface area contributed by atoms with Gasteiger partial charge < -0.3 is 0 Å². The minimum atomic E-state index is 0.662. The molecule has 2 heterocycles. The van der Waals surface area contributed by atoms with Gasteiger partial charge in [0.15, 0.2) is 0 Å². The first-order chi connectivity index (χ1) is 10.4. The number of nitrogens with zero attached hydrogens (tertiary/aromatic N) is 3. The number of halogens is 1. The molecular formula is C17H28BrN3. The summed E-state index contributed by atoms with van der Waals surface area (Å²) in [5, 5.41) is 6.01. The minimum Gasteiger partial charge on any atom is -0.294 e. The Labute approximate surface area is 137 Å². The molecule has 2 aliphatic rings. The van der Waals surface area contributed by atoms with E-state index in [1.165, 1.54) is 70.0 Å². The van der Waals surface area contributed by atoms with Crippen molar-refractivity contribution < 1.29 is 0 Å². The molecule has 0 amide bonds. The zero-order valence-electron chi connectivity index (χ0n) is 13.0. The van der Waals surface area contributed by atoms with Crippen molar-refractivity contribution in [3.05, 3.63) is 18.0 Å². The number of rotatable bonds is 6. The van der Waals surface area contributed by atoms with Gasteiger partial charge in [-0.1, -0.05) is 35.2 Å². The fraction of sp³-hybridized carbons (Fsp3) is 0.824. The van der Waals surface area contributed by atoms with Crippen molar-refractivity contribution in [1.82, 2.24) is 14.7 Å². The van der Waals surface area contributed by atoms with Crippen molar-refractivity contribution in [2.75, 3.05) is 11.9 Å². The van der Waals surface area contributed by atoms with Crippen LogP contribution in [0, 0.1) is 0 Å². The van der Waals surface area contributed by atoms with Crippen LogP contribution in [0.1, 0.15) is 69.5 Å². The average Bonchev–Trinajstić information content (AvgIpc) is 3.16. The highest BCUT2D eigenvalue weighted by atomic mass is 79.9. The van der Waals surface area contributed by atoms with Crippen molar-refractivity contribution in [2.45, 2.75) is 76.4 Å². The standard InChI is InChI=1S/C17H28BrN3/c18-11-4-8-16-9-5-12-20(16)14-15-10-13-21(19-15)17-6-2-1-3-7-17/h10,13,16-17H,1-9,11-12,14H2. The molecule has 4 heteroatoms. The molecule has 118 valence electrons. The van der Waals surface area contributed by atoms with E-state index in [9.17, 15) is 0 Å². The summed E-state index contributed by atoms with van der Waals surface area (Å²) in [6.07, 6.45) is 14.4. The molecule has 0 radical (unpaired) electrons. The zero-order valence-corrected chi connectivity index (χ0v) is 14.6. The van der Waals surface area contributed by atoms with Gasteiger partial charge in [0.25, 0.3) is 0 Å². The normalized spacial score (nSPS) is 24.7. The Bertz CT molecular complexity index is 425. The van der Waals surface area contributed by atoms with Gasteiger partial charge in [-0.05, 0) is 51.1 Å². The maximum absolute atomic E-state index is 4.88. The highest BCUT2D eigenvalue weighted by molar-refractivity contribution is 9.09. The van der Waals surface area contributed by atoms with E-state index in [0.29, 0.717) is 6.04 Å². The van der Waals surface area contributed by atoms with Gasteiger partial charge in [-0.2, -0.15) is 5.10 Å². The molecular weight excluding hydrogens is 326 g/mol. The van der Waals surface area contributed by atoms with Crippen molar-refractivity contribution >= 4 is 15.9 Å². The van der Waals surface area contributed by atoms with E-state index in [1.54, 1.807) is 0 Å². The number of likely N-dealkylation sites (tertiary alicyclic amines) is 1. The monoisotopic (exact) mass is 353 g/mol. The lowest BCUT2D eigenvalue weighted by Gasteiger charge is -2.24. The second-order valence-corrected chi connectivity index (χ2v) is 7.47. The average molecular weight is 354 g/mol. The summed E-state index contributed by atoms with van der Waals surface area (Å²) in [7, 11) is 0. The van der Waals surface area contributed by atoms with E-state index in [2.05, 4.69) is 37.8 Å². The van der Waals surface area contributed by atoms with E-state index in [-0.39, 0.29) is 0 Å². The van der Waals surface area contributed by atoms with Crippen molar-refractivity contribution in [1.29, 1.82) is 0 Å². The van der Waals surface area contributed by atoms with Gasteiger partial charge in [-0.3, -0.25) is 9.58 Å². The lowest BCUT2D eigenvalue weighted by atomic mass is 9.96. The molecule has 1 unspecified atom stereocenters. The van der Waals surface area contributed by atoms with E-state index < -0.39 is 0 Å². The van der Waals surface area contributed by atoms with Crippen LogP contribution in [-0.4, -0.2) is 32.6 Å². The van der Waals surface area contributed by atoms with Crippen molar-refractivity contribution in [2.24, 2.45) is 0 Å². The van der Waals surface area contributed by atoms with Gasteiger partial charge in [-0.15, -0.1) is 0 Å². The van der Waals surface area contributed by atoms with E-state index >= 15 is 0 Å². The van der Waals surface area contributed by atoms with E-state index in [0.717, 1.165) is 17.9 Å². The fourth-order valence-electron chi connectivity index (χ4n) is 3.96. The lowest BCUT2D eigenvalue weighted by Crippen LogP contribution is -2.29. The molecule has 1 saturated heterocycles. The molecule has 1 aromatic heterocycles. The summed E-state index contributed by atoms with van der Waals surface area (Å²) in [5.41, 5.74) is 1.27. The third-order valence-electron chi connectivity index (χ3n) is 5.15. The summed E-state index contributed by atoms with van der Waals surface area (Å²) in [4.78, 5) is 2.65. The molecule has 0 spiro atoms. The Morgan fingerprint density at radius 3 is 2.81 bits per heavy atom. The van der Waals surface area contributed by atoms with Gasteiger partial charge in [-0.25, -0.2) is 0 Å². The van der Waals surface area contributed by atoms with Crippen LogP contribution in [0.15, 0.2) is 12.3 Å². The maximum atomic E-state index is 4.88. The molecule has 0 aromatic carbocycles. The molecule has 2 fully saturated rings. The van der Waals surface area contributed by atoms with Gasteiger partial charge in [0, 0.05) is 24.1 Å². The van der Waals surface area contributed by atoms with Gasteiger partial charge in [0.1, 0.15) is 0 Å². The van der Waals surface area contributed by atoms with E-state index in [4.69, 9.17) is 5.10 Å². The van der Waals surface area contributed by atoms with E-state index in [1.807, 2.05) is 0 Å². The summed E-state index contributed by atoms with van der Waals surface area (Å²) < 4.78 is 2.25. The summed E-state index contributed by atoms with van der Waals surface area (Å²) in [6, 6.07) is 3.69. The number of hydrogen-bond acceptors (Lipinski definition) is 2. The van der Waals surface area contributed by atoms with Crippen molar-refractivity contribution in [3.63, 3.8) is 0 Å². The number of aromatic nitrogens is 2. The fourth-order valence-corrected chi connectivity index (χ4v) is 4.29. The Morgan fingerprint density at radius 1 is 1.14 bits per heavy atom. The molecule has 0 bridgehead atoms. The number of alkyl halides is 1. The molecule has 0 N–H and O–H groups in total. The first kappa shape index (κ1) is 15.5. The first-order valence-corrected chi connectivity index (χ1v) is 9.83. The summed E-state index contributed by atoms with van der Waals surface area (Å²) >= 11 is 3.56.